The third kappa shape index (κ3) is 3.80. The van der Waals surface area contributed by atoms with Gasteiger partial charge in [-0.1, -0.05) is 41.9 Å². The molecule has 0 aliphatic carbocycles. The van der Waals surface area contributed by atoms with E-state index in [4.69, 9.17) is 11.6 Å². The molecule has 32 heavy (non-hydrogen) atoms. The first kappa shape index (κ1) is 20.8. The van der Waals surface area contributed by atoms with Crippen molar-refractivity contribution in [2.75, 3.05) is 6.54 Å². The fourth-order valence-electron chi connectivity index (χ4n) is 4.20. The summed E-state index contributed by atoms with van der Waals surface area (Å²) in [6, 6.07) is 15.5. The number of nitrogens with zero attached hydrogens (tertiary/aromatic N) is 2. The number of benzene rings is 2. The number of aromatic nitrogens is 3. The fraction of sp³-hybridized carbons (Fsp3) is 0.217. The molecule has 2 N–H and O–H groups in total. The first-order valence-corrected chi connectivity index (χ1v) is 10.4. The molecule has 0 saturated heterocycles. The molecule has 0 atom stereocenters. The number of fused-ring (bicyclic) bond motifs is 2. The van der Waals surface area contributed by atoms with Gasteiger partial charge in [0.1, 0.15) is 0 Å². The van der Waals surface area contributed by atoms with Crippen LogP contribution in [0.25, 0.3) is 22.2 Å². The van der Waals surface area contributed by atoms with Crippen LogP contribution < -0.4 is 5.56 Å². The van der Waals surface area contributed by atoms with Crippen LogP contribution in [0.5, 0.6) is 0 Å². The molecule has 5 nitrogen and oxygen atoms in total. The van der Waals surface area contributed by atoms with Gasteiger partial charge in [-0.25, -0.2) is 4.98 Å². The van der Waals surface area contributed by atoms with Crippen molar-refractivity contribution in [2.45, 2.75) is 25.7 Å². The van der Waals surface area contributed by atoms with Gasteiger partial charge in [0.15, 0.2) is 0 Å². The fourth-order valence-corrected chi connectivity index (χ4v) is 4.33. The van der Waals surface area contributed by atoms with Gasteiger partial charge in [0.25, 0.3) is 5.56 Å². The number of para-hydroxylation sites is 1. The first-order chi connectivity index (χ1) is 15.3. The van der Waals surface area contributed by atoms with E-state index in [1.807, 2.05) is 53.5 Å². The van der Waals surface area contributed by atoms with Gasteiger partial charge in [0, 0.05) is 42.0 Å². The smallest absolute Gasteiger partial charge is 0.354 e. The summed E-state index contributed by atoms with van der Waals surface area (Å²) >= 11 is 6.05. The Bertz CT molecular complexity index is 1360. The highest BCUT2D eigenvalue weighted by Crippen LogP contribution is 2.33. The van der Waals surface area contributed by atoms with E-state index in [2.05, 4.69) is 14.9 Å². The quantitative estimate of drug-likeness (QED) is 0.446. The van der Waals surface area contributed by atoms with Crippen LogP contribution in [0, 0.1) is 0 Å². The molecule has 164 valence electrons. The van der Waals surface area contributed by atoms with Crippen molar-refractivity contribution in [3.05, 3.63) is 86.6 Å². The highest BCUT2D eigenvalue weighted by Gasteiger charge is 2.36. The lowest BCUT2D eigenvalue weighted by Gasteiger charge is -2.28. The lowest BCUT2D eigenvalue weighted by atomic mass is 10.0. The predicted octanol–water partition coefficient (Wildman–Crippen LogP) is 5.15. The van der Waals surface area contributed by atoms with Crippen LogP contribution in [-0.4, -0.2) is 26.4 Å². The maximum absolute atomic E-state index is 13.0. The molecule has 1 aliphatic rings. The normalized spacial score (nSPS) is 14.6. The molecule has 0 amide bonds. The molecule has 0 unspecified atom stereocenters. The second-order valence-electron chi connectivity index (χ2n) is 7.83. The molecule has 0 fully saturated rings. The number of alkyl halides is 3. The van der Waals surface area contributed by atoms with E-state index < -0.39 is 17.6 Å². The molecular formula is C23H18ClF3N4O. The number of hydrogen-bond donors (Lipinski definition) is 2. The van der Waals surface area contributed by atoms with E-state index in [0.717, 1.165) is 27.7 Å². The summed E-state index contributed by atoms with van der Waals surface area (Å²) in [5.41, 5.74) is 3.75. The van der Waals surface area contributed by atoms with Gasteiger partial charge < -0.3 is 9.97 Å². The molecule has 0 bridgehead atoms. The first-order valence-electron chi connectivity index (χ1n) is 10.1. The summed E-state index contributed by atoms with van der Waals surface area (Å²) < 4.78 is 39.0. The van der Waals surface area contributed by atoms with Gasteiger partial charge in [0.2, 0.25) is 5.82 Å². The Morgan fingerprint density at radius 1 is 1.06 bits per heavy atom. The minimum absolute atomic E-state index is 0.217. The van der Waals surface area contributed by atoms with Crippen molar-refractivity contribution < 1.29 is 13.2 Å². The average Bonchev–Trinajstić information content (AvgIpc) is 3.12. The third-order valence-corrected chi connectivity index (χ3v) is 6.00. The van der Waals surface area contributed by atoms with E-state index >= 15 is 0 Å². The molecule has 5 rings (SSSR count). The summed E-state index contributed by atoms with van der Waals surface area (Å²) in [4.78, 5) is 23.5. The lowest BCUT2D eigenvalue weighted by Crippen LogP contribution is -2.36. The van der Waals surface area contributed by atoms with E-state index in [-0.39, 0.29) is 24.2 Å². The number of halogens is 4. The SMILES string of the molecule is O=c1[nH]c(C(F)(F)F)nc2c1CN(Cc1c(-c3ccc(Cl)cc3)[nH]c3ccccc13)CC2. The second kappa shape index (κ2) is 7.79. The molecule has 2 aromatic heterocycles. The summed E-state index contributed by atoms with van der Waals surface area (Å²) in [5, 5.41) is 1.70. The van der Waals surface area contributed by atoms with Crippen LogP contribution >= 0.6 is 11.6 Å². The molecule has 9 heteroatoms. The lowest BCUT2D eigenvalue weighted by molar-refractivity contribution is -0.145. The Hall–Kier alpha value is -3.10. The Kier molecular flexibility index (Phi) is 5.06. The second-order valence-corrected chi connectivity index (χ2v) is 8.27. The maximum Gasteiger partial charge on any atom is 0.449 e. The number of rotatable bonds is 3. The minimum atomic E-state index is -4.68. The van der Waals surface area contributed by atoms with Crippen molar-refractivity contribution >= 4 is 22.5 Å². The Balaban J connectivity index is 1.50. The molecule has 0 saturated carbocycles. The van der Waals surface area contributed by atoms with E-state index in [1.165, 1.54) is 0 Å². The van der Waals surface area contributed by atoms with Gasteiger partial charge in [-0.3, -0.25) is 9.69 Å². The minimum Gasteiger partial charge on any atom is -0.354 e. The zero-order valence-corrected chi connectivity index (χ0v) is 17.5. The van der Waals surface area contributed by atoms with Crippen molar-refractivity contribution in [3.63, 3.8) is 0 Å². The van der Waals surface area contributed by atoms with Crippen LogP contribution in [0.15, 0.2) is 53.3 Å². The van der Waals surface area contributed by atoms with Crippen LogP contribution in [0.2, 0.25) is 5.02 Å². The zero-order valence-electron chi connectivity index (χ0n) is 16.8. The number of hydrogen-bond acceptors (Lipinski definition) is 3. The predicted molar refractivity (Wildman–Crippen MR) is 116 cm³/mol. The van der Waals surface area contributed by atoms with Crippen LogP contribution in [0.3, 0.4) is 0 Å². The van der Waals surface area contributed by atoms with E-state index in [9.17, 15) is 18.0 Å². The molecule has 4 aromatic rings. The average molecular weight is 459 g/mol. The van der Waals surface area contributed by atoms with Gasteiger partial charge in [0.05, 0.1) is 17.0 Å². The Labute approximate surface area is 185 Å². The van der Waals surface area contributed by atoms with Crippen molar-refractivity contribution in [3.8, 4) is 11.3 Å². The topological polar surface area (TPSA) is 64.8 Å². The van der Waals surface area contributed by atoms with Gasteiger partial charge in [-0.05, 0) is 29.3 Å². The van der Waals surface area contributed by atoms with Crippen molar-refractivity contribution in [1.29, 1.82) is 0 Å². The molecular weight excluding hydrogens is 441 g/mol. The van der Waals surface area contributed by atoms with E-state index in [1.54, 1.807) is 0 Å². The molecule has 0 spiro atoms. The number of H-pyrrole nitrogens is 2. The van der Waals surface area contributed by atoms with Crippen LogP contribution in [0.1, 0.15) is 22.6 Å². The zero-order chi connectivity index (χ0) is 22.5. The van der Waals surface area contributed by atoms with Gasteiger partial charge >= 0.3 is 6.18 Å². The van der Waals surface area contributed by atoms with Gasteiger partial charge in [-0.2, -0.15) is 13.2 Å². The summed E-state index contributed by atoms with van der Waals surface area (Å²) in [7, 11) is 0. The van der Waals surface area contributed by atoms with E-state index in [0.29, 0.717) is 18.1 Å². The van der Waals surface area contributed by atoms with Crippen molar-refractivity contribution in [1.82, 2.24) is 19.9 Å². The van der Waals surface area contributed by atoms with Crippen LogP contribution in [0.4, 0.5) is 13.2 Å². The number of nitrogens with one attached hydrogen (secondary N) is 2. The summed E-state index contributed by atoms with van der Waals surface area (Å²) in [6.45, 7) is 1.26. The molecule has 0 radical (unpaired) electrons. The summed E-state index contributed by atoms with van der Waals surface area (Å²) in [5.74, 6) is -1.24. The van der Waals surface area contributed by atoms with Crippen LogP contribution in [-0.2, 0) is 25.7 Å². The third-order valence-electron chi connectivity index (χ3n) is 5.74. The molecule has 3 heterocycles. The Morgan fingerprint density at radius 2 is 1.81 bits per heavy atom. The Morgan fingerprint density at radius 3 is 2.56 bits per heavy atom. The monoisotopic (exact) mass is 458 g/mol. The maximum atomic E-state index is 13.0. The van der Waals surface area contributed by atoms with Crippen molar-refractivity contribution in [2.24, 2.45) is 0 Å². The molecule has 1 aliphatic heterocycles. The highest BCUT2D eigenvalue weighted by atomic mass is 35.5. The largest absolute Gasteiger partial charge is 0.449 e. The standard InChI is InChI=1S/C23H18ClF3N4O/c24-14-7-5-13(6-8-14)20-16(15-3-1-2-4-18(15)28-20)11-31-10-9-19-17(12-31)21(32)30-22(29-19)23(25,26)27/h1-8,28H,9-12H2,(H,29,30,32). The molecule has 2 aromatic carbocycles. The highest BCUT2D eigenvalue weighted by molar-refractivity contribution is 6.30. The summed E-state index contributed by atoms with van der Waals surface area (Å²) in [6.07, 6.45) is -4.40. The van der Waals surface area contributed by atoms with Gasteiger partial charge in [-0.15, -0.1) is 0 Å². The number of aromatic amines is 2.